The Balaban J connectivity index is 2.38. The van der Waals surface area contributed by atoms with Crippen molar-refractivity contribution in [3.63, 3.8) is 0 Å². The van der Waals surface area contributed by atoms with E-state index < -0.39 is 0 Å². The first-order chi connectivity index (χ1) is 6.50. The highest BCUT2D eigenvalue weighted by Crippen LogP contribution is 2.02. The summed E-state index contributed by atoms with van der Waals surface area (Å²) in [6.45, 7) is 0. The van der Waals surface area contributed by atoms with Crippen LogP contribution >= 0.6 is 0 Å². The molecular weight excluding hydrogens is 156 g/mol. The summed E-state index contributed by atoms with van der Waals surface area (Å²) in [5.41, 5.74) is 0. The third kappa shape index (κ3) is 6.15. The van der Waals surface area contributed by atoms with Gasteiger partial charge in [-0.3, -0.25) is 0 Å². The van der Waals surface area contributed by atoms with Gasteiger partial charge in [0.25, 0.3) is 0 Å². The molecule has 0 saturated heterocycles. The fourth-order valence-corrected chi connectivity index (χ4v) is 1.22. The molecule has 13 heavy (non-hydrogen) atoms. The van der Waals surface area contributed by atoms with E-state index in [2.05, 4.69) is 36.5 Å². The van der Waals surface area contributed by atoms with Gasteiger partial charge < -0.3 is 0 Å². The first-order valence-corrected chi connectivity index (χ1v) is 5.04. The molecule has 1 aliphatic carbocycles. The van der Waals surface area contributed by atoms with E-state index in [0.717, 1.165) is 12.8 Å². The molecule has 0 aromatic heterocycles. The summed E-state index contributed by atoms with van der Waals surface area (Å²) in [6.07, 6.45) is 24.0. The highest BCUT2D eigenvalue weighted by molar-refractivity contribution is 5.08. The van der Waals surface area contributed by atoms with Gasteiger partial charge in [0.2, 0.25) is 0 Å². The van der Waals surface area contributed by atoms with E-state index in [0.29, 0.717) is 0 Å². The Morgan fingerprint density at radius 1 is 0.846 bits per heavy atom. The van der Waals surface area contributed by atoms with Gasteiger partial charge in [0.1, 0.15) is 0 Å². The average molecular weight is 173 g/mol. The van der Waals surface area contributed by atoms with E-state index in [9.17, 15) is 0 Å². The van der Waals surface area contributed by atoms with Crippen molar-refractivity contribution >= 4 is 0 Å². The molecule has 0 spiro atoms. The molecule has 0 amide bonds. The van der Waals surface area contributed by atoms with Gasteiger partial charge in [-0.25, -0.2) is 0 Å². The summed E-state index contributed by atoms with van der Waals surface area (Å²) >= 11 is 0. The Kier molecular flexibility index (Phi) is 5.87. The summed E-state index contributed by atoms with van der Waals surface area (Å²) in [5.74, 6) is 0. The molecule has 0 heteroatoms. The van der Waals surface area contributed by atoms with Crippen molar-refractivity contribution in [1.82, 2.24) is 0 Å². The van der Waals surface area contributed by atoms with Crippen LogP contribution in [0.4, 0.5) is 0 Å². The monoisotopic (exact) mass is 173 g/mol. The zero-order chi connectivity index (χ0) is 9.19. The van der Waals surface area contributed by atoms with Crippen molar-refractivity contribution in [3.05, 3.63) is 48.6 Å². The van der Waals surface area contributed by atoms with Gasteiger partial charge in [-0.15, -0.1) is 0 Å². The molecule has 0 aliphatic heterocycles. The highest BCUT2D eigenvalue weighted by Gasteiger charge is 1.83. The Hall–Kier alpha value is -1.04. The standard InChI is InChI=1S/C13H17/c1-2-4-6-8-10-12-13-11-9-7-5-3-1/h1-4,7-9H,5,10-13H2. The Morgan fingerprint density at radius 2 is 1.77 bits per heavy atom. The van der Waals surface area contributed by atoms with E-state index in [1.54, 1.807) is 0 Å². The Labute approximate surface area is 81.4 Å². The molecule has 0 heterocycles. The highest BCUT2D eigenvalue weighted by atomic mass is 13.9. The number of hydrogen-bond donors (Lipinski definition) is 0. The zero-order valence-electron chi connectivity index (χ0n) is 8.08. The van der Waals surface area contributed by atoms with E-state index in [4.69, 9.17) is 0 Å². The smallest absolute Gasteiger partial charge is 0.0166 e. The quantitative estimate of drug-likeness (QED) is 0.486. The summed E-state index contributed by atoms with van der Waals surface area (Å²) in [6, 6.07) is 0. The first kappa shape index (κ1) is 10.0. The maximum Gasteiger partial charge on any atom is -0.0166 e. The van der Waals surface area contributed by atoms with Crippen LogP contribution < -0.4 is 0 Å². The predicted octanol–water partition coefficient (Wildman–Crippen LogP) is 3.98. The molecule has 0 atom stereocenters. The summed E-state index contributed by atoms with van der Waals surface area (Å²) in [7, 11) is 0. The van der Waals surface area contributed by atoms with Crippen LogP contribution in [0.25, 0.3) is 0 Å². The molecule has 0 bridgehead atoms. The van der Waals surface area contributed by atoms with Gasteiger partial charge in [-0.2, -0.15) is 0 Å². The lowest BCUT2D eigenvalue weighted by atomic mass is 10.2. The van der Waals surface area contributed by atoms with Crippen molar-refractivity contribution in [1.29, 1.82) is 0 Å². The molecule has 0 saturated carbocycles. The molecule has 0 unspecified atom stereocenters. The molecule has 1 aliphatic rings. The van der Waals surface area contributed by atoms with Gasteiger partial charge in [0.05, 0.1) is 0 Å². The van der Waals surface area contributed by atoms with Gasteiger partial charge in [-0.1, -0.05) is 42.5 Å². The molecule has 0 aromatic rings. The maximum atomic E-state index is 3.15. The minimum absolute atomic E-state index is 1.05. The summed E-state index contributed by atoms with van der Waals surface area (Å²) in [5, 5.41) is 0. The molecule has 69 valence electrons. The topological polar surface area (TPSA) is 0 Å². The van der Waals surface area contributed by atoms with E-state index in [1.807, 2.05) is 12.2 Å². The van der Waals surface area contributed by atoms with Crippen LogP contribution in [0, 0.1) is 6.08 Å². The Bertz CT molecular complexity index is 216. The van der Waals surface area contributed by atoms with Crippen molar-refractivity contribution in [2.24, 2.45) is 0 Å². The second-order valence-corrected chi connectivity index (χ2v) is 3.15. The summed E-state index contributed by atoms with van der Waals surface area (Å²) < 4.78 is 0. The van der Waals surface area contributed by atoms with Crippen LogP contribution in [0.1, 0.15) is 32.1 Å². The largest absolute Gasteiger partial charge is 0.0882 e. The molecule has 0 aromatic carbocycles. The number of allylic oxidation sites excluding steroid dienone is 8. The van der Waals surface area contributed by atoms with Gasteiger partial charge in [0.15, 0.2) is 0 Å². The van der Waals surface area contributed by atoms with E-state index >= 15 is 0 Å². The lowest BCUT2D eigenvalue weighted by Gasteiger charge is -1.91. The van der Waals surface area contributed by atoms with Gasteiger partial charge in [0, 0.05) is 0 Å². The third-order valence-corrected chi connectivity index (χ3v) is 1.97. The molecule has 0 N–H and O–H groups in total. The van der Waals surface area contributed by atoms with Crippen LogP contribution in [0.3, 0.4) is 0 Å². The van der Waals surface area contributed by atoms with Crippen molar-refractivity contribution in [3.8, 4) is 0 Å². The zero-order valence-corrected chi connectivity index (χ0v) is 8.08. The van der Waals surface area contributed by atoms with Crippen LogP contribution in [0.2, 0.25) is 0 Å². The molecule has 1 radical (unpaired) electrons. The van der Waals surface area contributed by atoms with Crippen molar-refractivity contribution in [2.45, 2.75) is 32.1 Å². The average Bonchev–Trinajstić information content (AvgIpc) is 2.18. The molecule has 0 fully saturated rings. The molecule has 0 nitrogen and oxygen atoms in total. The van der Waals surface area contributed by atoms with Gasteiger partial charge >= 0.3 is 0 Å². The van der Waals surface area contributed by atoms with Crippen LogP contribution in [-0.2, 0) is 0 Å². The van der Waals surface area contributed by atoms with Crippen LogP contribution in [0.15, 0.2) is 42.5 Å². The molecular formula is C13H17. The lowest BCUT2D eigenvalue weighted by Crippen LogP contribution is -1.72. The predicted molar refractivity (Wildman–Crippen MR) is 58.3 cm³/mol. The Morgan fingerprint density at radius 3 is 2.77 bits per heavy atom. The summed E-state index contributed by atoms with van der Waals surface area (Å²) in [4.78, 5) is 0. The number of hydrogen-bond acceptors (Lipinski definition) is 0. The molecule has 1 rings (SSSR count). The number of rotatable bonds is 0. The lowest BCUT2D eigenvalue weighted by molar-refractivity contribution is 0.760. The normalized spacial score (nSPS) is 19.1. The third-order valence-electron chi connectivity index (χ3n) is 1.97. The fraction of sp³-hybridized carbons (Fsp3) is 0.385. The minimum atomic E-state index is 1.05. The van der Waals surface area contributed by atoms with Gasteiger partial charge in [-0.05, 0) is 38.2 Å². The van der Waals surface area contributed by atoms with Crippen molar-refractivity contribution < 1.29 is 0 Å². The van der Waals surface area contributed by atoms with E-state index in [1.165, 1.54) is 19.3 Å². The maximum absolute atomic E-state index is 3.15. The van der Waals surface area contributed by atoms with Crippen molar-refractivity contribution in [2.75, 3.05) is 0 Å². The van der Waals surface area contributed by atoms with E-state index in [-0.39, 0.29) is 0 Å². The second kappa shape index (κ2) is 7.60. The SMILES string of the molecule is [C]1=CCCCCC=CCC=CC=C1. The first-order valence-electron chi connectivity index (χ1n) is 5.04. The van der Waals surface area contributed by atoms with Crippen LogP contribution in [0.5, 0.6) is 0 Å². The second-order valence-electron chi connectivity index (χ2n) is 3.15. The minimum Gasteiger partial charge on any atom is -0.0882 e. The fourth-order valence-electron chi connectivity index (χ4n) is 1.22. The van der Waals surface area contributed by atoms with Crippen LogP contribution in [-0.4, -0.2) is 0 Å².